The van der Waals surface area contributed by atoms with Crippen LogP contribution in [-0.4, -0.2) is 9.55 Å². The van der Waals surface area contributed by atoms with E-state index in [1.165, 1.54) is 22.3 Å². The maximum atomic E-state index is 4.43. The zero-order chi connectivity index (χ0) is 15.4. The number of nitrogens with one attached hydrogen (secondary N) is 1. The number of benzene rings is 2. The van der Waals surface area contributed by atoms with Gasteiger partial charge >= 0.3 is 0 Å². The van der Waals surface area contributed by atoms with Gasteiger partial charge in [0.15, 0.2) is 0 Å². The van der Waals surface area contributed by atoms with Gasteiger partial charge in [0.25, 0.3) is 0 Å². The highest BCUT2D eigenvalue weighted by molar-refractivity contribution is 5.37. The third-order valence-electron chi connectivity index (χ3n) is 4.06. The number of anilines is 1. The fourth-order valence-corrected chi connectivity index (χ4v) is 2.56. The first-order chi connectivity index (χ1) is 10.7. The second-order valence-corrected chi connectivity index (χ2v) is 5.58. The van der Waals surface area contributed by atoms with Crippen LogP contribution in [0.3, 0.4) is 0 Å². The van der Waals surface area contributed by atoms with Crippen molar-refractivity contribution in [3.63, 3.8) is 0 Å². The Labute approximate surface area is 131 Å². The number of hydrogen-bond acceptors (Lipinski definition) is 2. The minimum absolute atomic E-state index is 0.791. The van der Waals surface area contributed by atoms with Crippen LogP contribution < -0.4 is 5.32 Å². The van der Waals surface area contributed by atoms with Crippen molar-refractivity contribution in [2.24, 2.45) is 0 Å². The zero-order valence-corrected chi connectivity index (χ0v) is 13.1. The van der Waals surface area contributed by atoms with Gasteiger partial charge in [-0.05, 0) is 36.1 Å². The second-order valence-electron chi connectivity index (χ2n) is 5.58. The first-order valence-electron chi connectivity index (χ1n) is 7.58. The highest BCUT2D eigenvalue weighted by atomic mass is 15.2. The largest absolute Gasteiger partial charge is 0.352 e. The quantitative estimate of drug-likeness (QED) is 0.765. The van der Waals surface area contributed by atoms with Crippen molar-refractivity contribution in [2.45, 2.75) is 26.9 Å². The Morgan fingerprint density at radius 1 is 1.00 bits per heavy atom. The molecule has 22 heavy (non-hydrogen) atoms. The summed E-state index contributed by atoms with van der Waals surface area (Å²) in [5, 5.41) is 3.45. The molecule has 0 spiro atoms. The minimum Gasteiger partial charge on any atom is -0.352 e. The molecular weight excluding hydrogens is 270 g/mol. The maximum Gasteiger partial charge on any atom is 0.203 e. The molecule has 3 heteroatoms. The molecule has 0 saturated heterocycles. The molecule has 2 aromatic carbocycles. The van der Waals surface area contributed by atoms with Gasteiger partial charge in [-0.2, -0.15) is 0 Å². The van der Waals surface area contributed by atoms with Crippen LogP contribution in [0.1, 0.15) is 22.3 Å². The molecular formula is C19H21N3. The fourth-order valence-electron chi connectivity index (χ4n) is 2.56. The van der Waals surface area contributed by atoms with Crippen molar-refractivity contribution in [1.29, 1.82) is 0 Å². The van der Waals surface area contributed by atoms with E-state index in [4.69, 9.17) is 0 Å². The van der Waals surface area contributed by atoms with E-state index in [0.29, 0.717) is 0 Å². The smallest absolute Gasteiger partial charge is 0.203 e. The summed E-state index contributed by atoms with van der Waals surface area (Å²) in [6, 6.07) is 16.9. The summed E-state index contributed by atoms with van der Waals surface area (Å²) >= 11 is 0. The molecule has 0 aliphatic carbocycles. The van der Waals surface area contributed by atoms with Crippen LogP contribution in [0.25, 0.3) is 0 Å². The summed E-state index contributed by atoms with van der Waals surface area (Å²) in [5.41, 5.74) is 5.26. The molecule has 3 nitrogen and oxygen atoms in total. The van der Waals surface area contributed by atoms with Crippen molar-refractivity contribution < 1.29 is 0 Å². The number of aryl methyl sites for hydroxylation is 1. The Morgan fingerprint density at radius 3 is 2.64 bits per heavy atom. The van der Waals surface area contributed by atoms with E-state index in [9.17, 15) is 0 Å². The summed E-state index contributed by atoms with van der Waals surface area (Å²) in [7, 11) is 0. The molecule has 1 aromatic heterocycles. The van der Waals surface area contributed by atoms with E-state index in [0.717, 1.165) is 19.0 Å². The van der Waals surface area contributed by atoms with E-state index in [1.54, 1.807) is 0 Å². The van der Waals surface area contributed by atoms with Crippen molar-refractivity contribution in [1.82, 2.24) is 9.55 Å². The summed E-state index contributed by atoms with van der Waals surface area (Å²) < 4.78 is 2.14. The lowest BCUT2D eigenvalue weighted by Gasteiger charge is -2.12. The molecule has 0 bridgehead atoms. The van der Waals surface area contributed by atoms with Crippen LogP contribution in [0.4, 0.5) is 5.95 Å². The van der Waals surface area contributed by atoms with Crippen LogP contribution >= 0.6 is 0 Å². The molecule has 0 unspecified atom stereocenters. The van der Waals surface area contributed by atoms with Gasteiger partial charge in [-0.25, -0.2) is 4.98 Å². The topological polar surface area (TPSA) is 29.9 Å². The Hall–Kier alpha value is -2.55. The Balaban J connectivity index is 1.71. The highest BCUT2D eigenvalue weighted by Gasteiger charge is 2.05. The SMILES string of the molecule is Cc1cccc(CNc2nccn2Cc2ccccc2)c1C. The number of imidazole rings is 1. The lowest BCUT2D eigenvalue weighted by atomic mass is 10.0. The van der Waals surface area contributed by atoms with Crippen LogP contribution in [0.15, 0.2) is 60.9 Å². The molecule has 3 rings (SSSR count). The molecule has 0 fully saturated rings. The van der Waals surface area contributed by atoms with E-state index >= 15 is 0 Å². The van der Waals surface area contributed by atoms with Gasteiger partial charge in [-0.15, -0.1) is 0 Å². The lowest BCUT2D eigenvalue weighted by molar-refractivity contribution is 0.796. The number of rotatable bonds is 5. The molecule has 0 aliphatic rings. The predicted octanol–water partition coefficient (Wildman–Crippen LogP) is 4.16. The van der Waals surface area contributed by atoms with E-state index in [-0.39, 0.29) is 0 Å². The van der Waals surface area contributed by atoms with Gasteiger partial charge < -0.3 is 9.88 Å². The van der Waals surface area contributed by atoms with Gasteiger partial charge in [-0.1, -0.05) is 48.5 Å². The molecule has 3 aromatic rings. The lowest BCUT2D eigenvalue weighted by Crippen LogP contribution is -2.09. The minimum atomic E-state index is 0.791. The molecule has 112 valence electrons. The van der Waals surface area contributed by atoms with Crippen LogP contribution in [0, 0.1) is 13.8 Å². The predicted molar refractivity (Wildman–Crippen MR) is 91.0 cm³/mol. The van der Waals surface area contributed by atoms with Crippen molar-refractivity contribution in [3.8, 4) is 0 Å². The Morgan fingerprint density at radius 2 is 1.82 bits per heavy atom. The monoisotopic (exact) mass is 291 g/mol. The first-order valence-corrected chi connectivity index (χ1v) is 7.58. The summed E-state index contributed by atoms with van der Waals surface area (Å²) in [5.74, 6) is 0.907. The van der Waals surface area contributed by atoms with Gasteiger partial charge in [0.2, 0.25) is 5.95 Å². The molecule has 1 heterocycles. The molecule has 0 amide bonds. The summed E-state index contributed by atoms with van der Waals surface area (Å²) in [4.78, 5) is 4.43. The summed E-state index contributed by atoms with van der Waals surface area (Å²) in [6.07, 6.45) is 3.85. The zero-order valence-electron chi connectivity index (χ0n) is 13.1. The highest BCUT2D eigenvalue weighted by Crippen LogP contribution is 2.15. The fraction of sp³-hybridized carbons (Fsp3) is 0.211. The van der Waals surface area contributed by atoms with Crippen LogP contribution in [0.2, 0.25) is 0 Å². The number of nitrogens with zero attached hydrogens (tertiary/aromatic N) is 2. The van der Waals surface area contributed by atoms with Crippen molar-refractivity contribution >= 4 is 5.95 Å². The third-order valence-corrected chi connectivity index (χ3v) is 4.06. The van der Waals surface area contributed by atoms with E-state index in [1.807, 2.05) is 18.5 Å². The van der Waals surface area contributed by atoms with Crippen molar-refractivity contribution in [3.05, 3.63) is 83.2 Å². The summed E-state index contributed by atoms with van der Waals surface area (Å²) in [6.45, 7) is 5.94. The average molecular weight is 291 g/mol. The second kappa shape index (κ2) is 6.48. The van der Waals surface area contributed by atoms with Gasteiger partial charge in [-0.3, -0.25) is 0 Å². The Bertz CT molecular complexity index is 744. The molecule has 0 saturated carbocycles. The van der Waals surface area contributed by atoms with Crippen LogP contribution in [-0.2, 0) is 13.1 Å². The molecule has 1 N–H and O–H groups in total. The normalized spacial score (nSPS) is 10.6. The van der Waals surface area contributed by atoms with E-state index < -0.39 is 0 Å². The average Bonchev–Trinajstić information content (AvgIpc) is 2.97. The third kappa shape index (κ3) is 3.19. The maximum absolute atomic E-state index is 4.43. The molecule has 0 aliphatic heterocycles. The van der Waals surface area contributed by atoms with Crippen LogP contribution in [0.5, 0.6) is 0 Å². The van der Waals surface area contributed by atoms with Crippen molar-refractivity contribution in [2.75, 3.05) is 5.32 Å². The number of hydrogen-bond donors (Lipinski definition) is 1. The van der Waals surface area contributed by atoms with Gasteiger partial charge in [0.05, 0.1) is 6.54 Å². The first kappa shape index (κ1) is 14.4. The Kier molecular flexibility index (Phi) is 4.24. The van der Waals surface area contributed by atoms with Gasteiger partial charge in [0.1, 0.15) is 0 Å². The standard InChI is InChI=1S/C19H21N3/c1-15-7-6-10-18(16(15)2)13-21-19-20-11-12-22(19)14-17-8-4-3-5-9-17/h3-12H,13-14H2,1-2H3,(H,20,21). The van der Waals surface area contributed by atoms with Gasteiger partial charge in [0, 0.05) is 18.9 Å². The number of aromatic nitrogens is 2. The van der Waals surface area contributed by atoms with E-state index in [2.05, 4.69) is 71.2 Å². The molecule has 0 radical (unpaired) electrons. The molecule has 0 atom stereocenters.